The number of rotatable bonds is 8. The SMILES string of the molecule is COCCOCCCCN1CCC(=O)C(C)C1. The van der Waals surface area contributed by atoms with Crippen LogP contribution in [0.4, 0.5) is 0 Å². The summed E-state index contributed by atoms with van der Waals surface area (Å²) in [6, 6.07) is 0. The van der Waals surface area contributed by atoms with Crippen molar-refractivity contribution >= 4 is 5.78 Å². The molecular formula is C13H25NO3. The minimum Gasteiger partial charge on any atom is -0.382 e. The van der Waals surface area contributed by atoms with Gasteiger partial charge in [-0.05, 0) is 19.4 Å². The third-order valence-corrected chi connectivity index (χ3v) is 3.20. The Balaban J connectivity index is 1.94. The Morgan fingerprint density at radius 2 is 2.12 bits per heavy atom. The van der Waals surface area contributed by atoms with Crippen LogP contribution in [0.15, 0.2) is 0 Å². The van der Waals surface area contributed by atoms with Gasteiger partial charge < -0.3 is 14.4 Å². The number of ketones is 1. The molecule has 0 aliphatic carbocycles. The molecule has 1 atom stereocenters. The predicted octanol–water partition coefficient (Wildman–Crippen LogP) is 1.34. The first-order valence-electron chi connectivity index (χ1n) is 6.55. The summed E-state index contributed by atoms with van der Waals surface area (Å²) in [5.41, 5.74) is 0. The van der Waals surface area contributed by atoms with Crippen molar-refractivity contribution in [3.05, 3.63) is 0 Å². The molecule has 0 bridgehead atoms. The van der Waals surface area contributed by atoms with Gasteiger partial charge in [0, 0.05) is 39.1 Å². The number of Topliss-reactive ketones (excluding diaryl/α,β-unsaturated/α-hetero) is 1. The van der Waals surface area contributed by atoms with Gasteiger partial charge in [-0.25, -0.2) is 0 Å². The van der Waals surface area contributed by atoms with Gasteiger partial charge in [-0.2, -0.15) is 0 Å². The molecule has 0 aromatic carbocycles. The average Bonchev–Trinajstić information content (AvgIpc) is 2.32. The molecule has 1 saturated heterocycles. The summed E-state index contributed by atoms with van der Waals surface area (Å²) in [5.74, 6) is 0.644. The van der Waals surface area contributed by atoms with Gasteiger partial charge in [0.1, 0.15) is 5.78 Å². The average molecular weight is 243 g/mol. The van der Waals surface area contributed by atoms with E-state index in [1.54, 1.807) is 7.11 Å². The lowest BCUT2D eigenvalue weighted by Gasteiger charge is -2.29. The number of nitrogens with zero attached hydrogens (tertiary/aromatic N) is 1. The molecule has 0 saturated carbocycles. The van der Waals surface area contributed by atoms with Crippen LogP contribution in [-0.2, 0) is 14.3 Å². The molecule has 0 aromatic heterocycles. The van der Waals surface area contributed by atoms with Crippen molar-refractivity contribution in [2.24, 2.45) is 5.92 Å². The van der Waals surface area contributed by atoms with Gasteiger partial charge in [0.05, 0.1) is 13.2 Å². The highest BCUT2D eigenvalue weighted by atomic mass is 16.5. The zero-order valence-corrected chi connectivity index (χ0v) is 11.1. The largest absolute Gasteiger partial charge is 0.382 e. The Labute approximate surface area is 104 Å². The maximum Gasteiger partial charge on any atom is 0.138 e. The van der Waals surface area contributed by atoms with Crippen LogP contribution in [0.3, 0.4) is 0 Å². The molecule has 0 spiro atoms. The fourth-order valence-corrected chi connectivity index (χ4v) is 2.08. The van der Waals surface area contributed by atoms with Crippen LogP contribution in [0.25, 0.3) is 0 Å². The van der Waals surface area contributed by atoms with Crippen molar-refractivity contribution in [2.45, 2.75) is 26.2 Å². The van der Waals surface area contributed by atoms with Gasteiger partial charge in [-0.15, -0.1) is 0 Å². The van der Waals surface area contributed by atoms with Gasteiger partial charge in [0.15, 0.2) is 0 Å². The highest BCUT2D eigenvalue weighted by molar-refractivity contribution is 5.81. The number of ether oxygens (including phenoxy) is 2. The van der Waals surface area contributed by atoms with Crippen LogP contribution < -0.4 is 0 Å². The lowest BCUT2D eigenvalue weighted by atomic mass is 9.98. The Hall–Kier alpha value is -0.450. The van der Waals surface area contributed by atoms with Gasteiger partial charge in [-0.1, -0.05) is 6.92 Å². The molecular weight excluding hydrogens is 218 g/mol. The monoisotopic (exact) mass is 243 g/mol. The van der Waals surface area contributed by atoms with E-state index in [2.05, 4.69) is 4.90 Å². The molecule has 4 heteroatoms. The molecule has 1 aliphatic heterocycles. The van der Waals surface area contributed by atoms with E-state index in [1.807, 2.05) is 6.92 Å². The van der Waals surface area contributed by atoms with E-state index in [-0.39, 0.29) is 5.92 Å². The number of carbonyl (C=O) groups excluding carboxylic acids is 1. The lowest BCUT2D eigenvalue weighted by molar-refractivity contribution is -0.125. The normalized spacial score (nSPS) is 22.0. The molecule has 0 radical (unpaired) electrons. The number of methoxy groups -OCH3 is 1. The predicted molar refractivity (Wildman–Crippen MR) is 67.2 cm³/mol. The fraction of sp³-hybridized carbons (Fsp3) is 0.923. The summed E-state index contributed by atoms with van der Waals surface area (Å²) in [7, 11) is 1.68. The van der Waals surface area contributed by atoms with Crippen LogP contribution in [0.2, 0.25) is 0 Å². The summed E-state index contributed by atoms with van der Waals surface area (Å²) in [4.78, 5) is 13.7. The number of likely N-dealkylation sites (tertiary alicyclic amines) is 1. The number of unbranched alkanes of at least 4 members (excludes halogenated alkanes) is 1. The minimum atomic E-state index is 0.224. The van der Waals surface area contributed by atoms with Crippen molar-refractivity contribution in [3.63, 3.8) is 0 Å². The van der Waals surface area contributed by atoms with E-state index < -0.39 is 0 Å². The van der Waals surface area contributed by atoms with E-state index in [0.717, 1.165) is 45.5 Å². The Kier molecular flexibility index (Phi) is 7.40. The fourth-order valence-electron chi connectivity index (χ4n) is 2.08. The topological polar surface area (TPSA) is 38.8 Å². The third kappa shape index (κ3) is 6.15. The number of hydrogen-bond acceptors (Lipinski definition) is 4. The number of piperidine rings is 1. The summed E-state index contributed by atoms with van der Waals surface area (Å²) in [6.07, 6.45) is 2.96. The quantitative estimate of drug-likeness (QED) is 0.603. The number of hydrogen-bond donors (Lipinski definition) is 0. The second kappa shape index (κ2) is 8.61. The van der Waals surface area contributed by atoms with E-state index in [1.165, 1.54) is 0 Å². The Bertz CT molecular complexity index is 221. The first-order valence-corrected chi connectivity index (χ1v) is 6.55. The van der Waals surface area contributed by atoms with Crippen LogP contribution >= 0.6 is 0 Å². The highest BCUT2D eigenvalue weighted by Crippen LogP contribution is 2.12. The third-order valence-electron chi connectivity index (χ3n) is 3.20. The zero-order valence-electron chi connectivity index (χ0n) is 11.1. The summed E-state index contributed by atoms with van der Waals surface area (Å²) < 4.78 is 10.3. The molecule has 17 heavy (non-hydrogen) atoms. The molecule has 1 fully saturated rings. The van der Waals surface area contributed by atoms with Crippen LogP contribution in [-0.4, -0.2) is 57.2 Å². The molecule has 1 heterocycles. The van der Waals surface area contributed by atoms with Gasteiger partial charge in [0.2, 0.25) is 0 Å². The molecule has 0 aromatic rings. The van der Waals surface area contributed by atoms with Gasteiger partial charge >= 0.3 is 0 Å². The van der Waals surface area contributed by atoms with Gasteiger partial charge in [-0.3, -0.25) is 4.79 Å². The number of carbonyl (C=O) groups is 1. The first-order chi connectivity index (χ1) is 8.24. The summed E-state index contributed by atoms with van der Waals surface area (Å²) in [6.45, 7) is 7.16. The molecule has 4 nitrogen and oxygen atoms in total. The summed E-state index contributed by atoms with van der Waals surface area (Å²) in [5, 5.41) is 0. The van der Waals surface area contributed by atoms with Crippen molar-refractivity contribution in [1.29, 1.82) is 0 Å². The second-order valence-electron chi connectivity index (χ2n) is 4.73. The molecule has 0 amide bonds. The van der Waals surface area contributed by atoms with Crippen LogP contribution in [0, 0.1) is 5.92 Å². The van der Waals surface area contributed by atoms with Crippen molar-refractivity contribution in [3.8, 4) is 0 Å². The van der Waals surface area contributed by atoms with Crippen LogP contribution in [0.5, 0.6) is 0 Å². The second-order valence-corrected chi connectivity index (χ2v) is 4.73. The smallest absolute Gasteiger partial charge is 0.138 e. The Morgan fingerprint density at radius 1 is 1.29 bits per heavy atom. The van der Waals surface area contributed by atoms with Crippen molar-refractivity contribution in [2.75, 3.05) is 46.6 Å². The highest BCUT2D eigenvalue weighted by Gasteiger charge is 2.22. The Morgan fingerprint density at radius 3 is 2.82 bits per heavy atom. The molecule has 1 aliphatic rings. The van der Waals surface area contributed by atoms with E-state index in [9.17, 15) is 4.79 Å². The van der Waals surface area contributed by atoms with Crippen molar-refractivity contribution < 1.29 is 14.3 Å². The molecule has 0 N–H and O–H groups in total. The standard InChI is InChI=1S/C13H25NO3/c1-12-11-14(7-5-13(12)15)6-3-4-8-17-10-9-16-2/h12H,3-11H2,1-2H3. The maximum absolute atomic E-state index is 11.4. The molecule has 1 rings (SSSR count). The van der Waals surface area contributed by atoms with Crippen molar-refractivity contribution in [1.82, 2.24) is 4.90 Å². The summed E-state index contributed by atoms with van der Waals surface area (Å²) >= 11 is 0. The lowest BCUT2D eigenvalue weighted by Crippen LogP contribution is -2.40. The van der Waals surface area contributed by atoms with Gasteiger partial charge in [0.25, 0.3) is 0 Å². The first kappa shape index (κ1) is 14.6. The molecule has 100 valence electrons. The minimum absolute atomic E-state index is 0.224. The maximum atomic E-state index is 11.4. The van der Waals surface area contributed by atoms with E-state index >= 15 is 0 Å². The molecule has 1 unspecified atom stereocenters. The van der Waals surface area contributed by atoms with E-state index in [0.29, 0.717) is 19.0 Å². The van der Waals surface area contributed by atoms with Crippen LogP contribution in [0.1, 0.15) is 26.2 Å². The van der Waals surface area contributed by atoms with E-state index in [4.69, 9.17) is 9.47 Å². The zero-order chi connectivity index (χ0) is 12.5.